The Morgan fingerprint density at radius 3 is 2.60 bits per heavy atom. The van der Waals surface area contributed by atoms with Crippen LogP contribution in [0.3, 0.4) is 0 Å². The number of benzene rings is 1. The molecule has 1 saturated carbocycles. The van der Waals surface area contributed by atoms with Crippen molar-refractivity contribution in [2.45, 2.75) is 39.2 Å². The van der Waals surface area contributed by atoms with E-state index < -0.39 is 0 Å². The van der Waals surface area contributed by atoms with Gasteiger partial charge in [-0.3, -0.25) is 9.59 Å². The molecule has 2 N–H and O–H groups in total. The molecule has 1 aliphatic carbocycles. The molecule has 0 unspecified atom stereocenters. The molecule has 1 heterocycles. The predicted octanol–water partition coefficient (Wildman–Crippen LogP) is 3.94. The fourth-order valence-electron chi connectivity index (χ4n) is 2.58. The third-order valence-electron chi connectivity index (χ3n) is 4.23. The Balaban J connectivity index is 1.71. The molecule has 3 rings (SSSR count). The molecular weight excluding hydrogens is 340 g/mol. The summed E-state index contributed by atoms with van der Waals surface area (Å²) >= 11 is 5.85. The predicted molar refractivity (Wildman–Crippen MR) is 97.9 cm³/mol. The molecule has 1 aliphatic rings. The van der Waals surface area contributed by atoms with E-state index in [-0.39, 0.29) is 17.5 Å². The SMILES string of the molecule is CCn1cnc(C(=O)Nc2ccc(Cl)cc2)c1NC(=O)CCC1CC1. The van der Waals surface area contributed by atoms with E-state index in [0.29, 0.717) is 35.4 Å². The highest BCUT2D eigenvalue weighted by molar-refractivity contribution is 6.30. The summed E-state index contributed by atoms with van der Waals surface area (Å²) in [6.07, 6.45) is 5.37. The minimum Gasteiger partial charge on any atom is -0.321 e. The van der Waals surface area contributed by atoms with Gasteiger partial charge in [-0.1, -0.05) is 24.4 Å². The van der Waals surface area contributed by atoms with Crippen LogP contribution in [-0.2, 0) is 11.3 Å². The number of carbonyl (C=O) groups is 2. The number of halogens is 1. The zero-order valence-electron chi connectivity index (χ0n) is 14.1. The first-order chi connectivity index (χ1) is 12.1. The minimum atomic E-state index is -0.369. The van der Waals surface area contributed by atoms with Crippen molar-refractivity contribution in [3.63, 3.8) is 0 Å². The van der Waals surface area contributed by atoms with Gasteiger partial charge < -0.3 is 15.2 Å². The van der Waals surface area contributed by atoms with Gasteiger partial charge in [-0.2, -0.15) is 0 Å². The maximum absolute atomic E-state index is 12.5. The Bertz CT molecular complexity index is 766. The van der Waals surface area contributed by atoms with Gasteiger partial charge in [0.1, 0.15) is 5.82 Å². The monoisotopic (exact) mass is 360 g/mol. The summed E-state index contributed by atoms with van der Waals surface area (Å²) in [5.41, 5.74) is 0.822. The molecule has 0 bridgehead atoms. The van der Waals surface area contributed by atoms with Gasteiger partial charge in [0.25, 0.3) is 5.91 Å². The highest BCUT2D eigenvalue weighted by Gasteiger charge is 2.23. The highest BCUT2D eigenvalue weighted by Crippen LogP contribution is 2.33. The lowest BCUT2D eigenvalue weighted by Gasteiger charge is -2.10. The third kappa shape index (κ3) is 4.60. The van der Waals surface area contributed by atoms with E-state index >= 15 is 0 Å². The second-order valence-corrected chi connectivity index (χ2v) is 6.66. The fourth-order valence-corrected chi connectivity index (χ4v) is 2.71. The number of aryl methyl sites for hydroxylation is 1. The lowest BCUT2D eigenvalue weighted by atomic mass is 10.2. The second-order valence-electron chi connectivity index (χ2n) is 6.22. The van der Waals surface area contributed by atoms with Crippen molar-refractivity contribution < 1.29 is 9.59 Å². The molecule has 25 heavy (non-hydrogen) atoms. The lowest BCUT2D eigenvalue weighted by Crippen LogP contribution is -2.20. The number of nitrogens with zero attached hydrogens (tertiary/aromatic N) is 2. The topological polar surface area (TPSA) is 76.0 Å². The molecule has 132 valence electrons. The smallest absolute Gasteiger partial charge is 0.278 e. The summed E-state index contributed by atoms with van der Waals surface area (Å²) < 4.78 is 1.76. The van der Waals surface area contributed by atoms with E-state index in [9.17, 15) is 9.59 Å². The number of rotatable bonds is 7. The van der Waals surface area contributed by atoms with Crippen molar-refractivity contribution in [1.29, 1.82) is 0 Å². The lowest BCUT2D eigenvalue weighted by molar-refractivity contribution is -0.116. The van der Waals surface area contributed by atoms with E-state index in [2.05, 4.69) is 15.6 Å². The van der Waals surface area contributed by atoms with Gasteiger partial charge >= 0.3 is 0 Å². The van der Waals surface area contributed by atoms with Gasteiger partial charge in [-0.25, -0.2) is 4.98 Å². The molecule has 0 atom stereocenters. The molecule has 1 fully saturated rings. The molecule has 0 saturated heterocycles. The molecule has 7 heteroatoms. The van der Waals surface area contributed by atoms with Crippen LogP contribution < -0.4 is 10.6 Å². The summed E-state index contributed by atoms with van der Waals surface area (Å²) in [6.45, 7) is 2.54. The summed E-state index contributed by atoms with van der Waals surface area (Å²) in [5, 5.41) is 6.21. The van der Waals surface area contributed by atoms with E-state index in [1.54, 1.807) is 35.2 Å². The van der Waals surface area contributed by atoms with Crippen molar-refractivity contribution in [2.24, 2.45) is 5.92 Å². The summed E-state index contributed by atoms with van der Waals surface area (Å²) in [5.74, 6) is 0.680. The maximum atomic E-state index is 12.5. The number of hydrogen-bond donors (Lipinski definition) is 2. The summed E-state index contributed by atoms with van der Waals surface area (Å²) in [7, 11) is 0. The number of carbonyl (C=O) groups excluding carboxylic acids is 2. The van der Waals surface area contributed by atoms with E-state index in [4.69, 9.17) is 11.6 Å². The average Bonchev–Trinajstić information content (AvgIpc) is 3.34. The molecule has 0 spiro atoms. The number of aromatic nitrogens is 2. The number of nitrogens with one attached hydrogen (secondary N) is 2. The Hall–Kier alpha value is -2.34. The third-order valence-corrected chi connectivity index (χ3v) is 4.48. The first kappa shape index (κ1) is 17.5. The van der Waals surface area contributed by atoms with Crippen LogP contribution in [0, 0.1) is 5.92 Å². The largest absolute Gasteiger partial charge is 0.321 e. The Labute approximate surface area is 151 Å². The van der Waals surface area contributed by atoms with Crippen molar-refractivity contribution in [3.8, 4) is 0 Å². The van der Waals surface area contributed by atoms with Crippen molar-refractivity contribution >= 4 is 34.9 Å². The van der Waals surface area contributed by atoms with E-state index in [1.165, 1.54) is 12.8 Å². The zero-order valence-corrected chi connectivity index (χ0v) is 14.8. The van der Waals surface area contributed by atoms with Crippen molar-refractivity contribution in [3.05, 3.63) is 41.3 Å². The van der Waals surface area contributed by atoms with Crippen LogP contribution in [0.1, 0.15) is 43.1 Å². The first-order valence-corrected chi connectivity index (χ1v) is 8.86. The normalized spacial score (nSPS) is 13.5. The van der Waals surface area contributed by atoms with Crippen LogP contribution >= 0.6 is 11.6 Å². The van der Waals surface area contributed by atoms with E-state index in [1.807, 2.05) is 6.92 Å². The van der Waals surface area contributed by atoms with Crippen molar-refractivity contribution in [1.82, 2.24) is 9.55 Å². The first-order valence-electron chi connectivity index (χ1n) is 8.48. The van der Waals surface area contributed by atoms with Gasteiger partial charge in [-0.05, 0) is 43.5 Å². The molecule has 6 nitrogen and oxygen atoms in total. The van der Waals surface area contributed by atoms with Gasteiger partial charge in [-0.15, -0.1) is 0 Å². The van der Waals surface area contributed by atoms with Crippen LogP contribution in [0.5, 0.6) is 0 Å². The van der Waals surface area contributed by atoms with Crippen LogP contribution in [0.25, 0.3) is 0 Å². The molecule has 0 aliphatic heterocycles. The summed E-state index contributed by atoms with van der Waals surface area (Å²) in [6, 6.07) is 6.82. The van der Waals surface area contributed by atoms with Crippen LogP contribution in [0.4, 0.5) is 11.5 Å². The fraction of sp³-hybridized carbons (Fsp3) is 0.389. The standard InChI is InChI=1S/C18H21ClN4O2/c1-2-23-11-20-16(17(23)22-15(24)10-5-12-3-4-12)18(25)21-14-8-6-13(19)7-9-14/h6-9,11-12H,2-5,10H2,1H3,(H,21,25)(H,22,24). The Kier molecular flexibility index (Phi) is 5.38. The molecule has 0 radical (unpaired) electrons. The molecule has 2 amide bonds. The number of hydrogen-bond acceptors (Lipinski definition) is 3. The van der Waals surface area contributed by atoms with Gasteiger partial charge in [0, 0.05) is 23.7 Å². The maximum Gasteiger partial charge on any atom is 0.278 e. The average molecular weight is 361 g/mol. The van der Waals surface area contributed by atoms with Gasteiger partial charge in [0.15, 0.2) is 5.69 Å². The molecule has 1 aromatic carbocycles. The molecule has 1 aromatic heterocycles. The van der Waals surface area contributed by atoms with Gasteiger partial charge in [0.05, 0.1) is 6.33 Å². The number of amides is 2. The van der Waals surface area contributed by atoms with Crippen LogP contribution in [0.2, 0.25) is 5.02 Å². The summed E-state index contributed by atoms with van der Waals surface area (Å²) in [4.78, 5) is 28.9. The quantitative estimate of drug-likeness (QED) is 0.785. The van der Waals surface area contributed by atoms with Crippen LogP contribution in [0.15, 0.2) is 30.6 Å². The number of anilines is 2. The minimum absolute atomic E-state index is 0.0809. The van der Waals surface area contributed by atoms with Gasteiger partial charge in [0.2, 0.25) is 5.91 Å². The highest BCUT2D eigenvalue weighted by atomic mass is 35.5. The second kappa shape index (κ2) is 7.70. The molecule has 2 aromatic rings. The van der Waals surface area contributed by atoms with Crippen molar-refractivity contribution in [2.75, 3.05) is 10.6 Å². The van der Waals surface area contributed by atoms with Crippen LogP contribution in [-0.4, -0.2) is 21.4 Å². The van der Waals surface area contributed by atoms with E-state index in [0.717, 1.165) is 6.42 Å². The Morgan fingerprint density at radius 1 is 1.24 bits per heavy atom. The molecular formula is C18H21ClN4O2. The zero-order chi connectivity index (χ0) is 17.8. The Morgan fingerprint density at radius 2 is 1.96 bits per heavy atom. The number of imidazole rings is 1.